The number of aryl methyl sites for hydroxylation is 1. The smallest absolute Gasteiger partial charge is 0.248 e. The van der Waals surface area contributed by atoms with E-state index in [0.717, 1.165) is 19.0 Å². The van der Waals surface area contributed by atoms with Gasteiger partial charge in [0.15, 0.2) is 11.8 Å². The Kier molecular flexibility index (Phi) is 10.9. The van der Waals surface area contributed by atoms with Gasteiger partial charge in [-0.15, -0.1) is 24.0 Å². The highest BCUT2D eigenvalue weighted by Gasteiger charge is 2.06. The number of halogens is 1. The molecule has 7 nitrogen and oxygen atoms in total. The van der Waals surface area contributed by atoms with E-state index in [-0.39, 0.29) is 24.0 Å². The minimum absolute atomic E-state index is 0. The third-order valence-corrected chi connectivity index (χ3v) is 3.42. The molecule has 0 fully saturated rings. The third kappa shape index (κ3) is 8.61. The summed E-state index contributed by atoms with van der Waals surface area (Å²) >= 11 is 0. The second-order valence-electron chi connectivity index (χ2n) is 5.92. The Morgan fingerprint density at radius 2 is 2.04 bits per heavy atom. The predicted molar refractivity (Wildman–Crippen MR) is 113 cm³/mol. The van der Waals surface area contributed by atoms with Crippen LogP contribution in [-0.2, 0) is 17.9 Å². The summed E-state index contributed by atoms with van der Waals surface area (Å²) in [6.45, 7) is 9.19. The normalized spacial score (nSPS) is 12.3. The molecule has 0 aliphatic heterocycles. The van der Waals surface area contributed by atoms with Crippen molar-refractivity contribution in [3.8, 4) is 0 Å². The molecule has 26 heavy (non-hydrogen) atoms. The molecule has 0 saturated heterocycles. The fourth-order valence-corrected chi connectivity index (χ4v) is 2.17. The van der Waals surface area contributed by atoms with Crippen molar-refractivity contribution in [1.29, 1.82) is 0 Å². The van der Waals surface area contributed by atoms with Crippen LogP contribution in [0.5, 0.6) is 0 Å². The number of aliphatic imine (C=N–C) groups is 1. The lowest BCUT2D eigenvalue weighted by molar-refractivity contribution is 0.0931. The average molecular weight is 473 g/mol. The van der Waals surface area contributed by atoms with Crippen LogP contribution >= 0.6 is 24.0 Å². The van der Waals surface area contributed by atoms with Gasteiger partial charge in [0.05, 0.1) is 13.2 Å². The number of rotatable bonds is 9. The van der Waals surface area contributed by atoms with E-state index in [9.17, 15) is 0 Å². The van der Waals surface area contributed by atoms with Crippen molar-refractivity contribution in [2.45, 2.75) is 33.9 Å². The van der Waals surface area contributed by atoms with Gasteiger partial charge >= 0.3 is 0 Å². The Bertz CT molecular complexity index is 648. The van der Waals surface area contributed by atoms with E-state index >= 15 is 0 Å². The van der Waals surface area contributed by atoms with E-state index in [1.807, 2.05) is 25.1 Å². The van der Waals surface area contributed by atoms with Gasteiger partial charge in [-0.3, -0.25) is 0 Å². The second kappa shape index (κ2) is 12.6. The number of benzene rings is 1. The molecule has 2 N–H and O–H groups in total. The molecule has 1 atom stereocenters. The summed E-state index contributed by atoms with van der Waals surface area (Å²) < 4.78 is 10.8. The molecule has 1 heterocycles. The van der Waals surface area contributed by atoms with Crippen molar-refractivity contribution in [3.63, 3.8) is 0 Å². The van der Waals surface area contributed by atoms with Gasteiger partial charge in [-0.25, -0.2) is 4.99 Å². The fourth-order valence-electron chi connectivity index (χ4n) is 2.17. The van der Waals surface area contributed by atoms with Crippen LogP contribution < -0.4 is 10.6 Å². The summed E-state index contributed by atoms with van der Waals surface area (Å²) in [5, 5.41) is 10.3. The van der Waals surface area contributed by atoms with Gasteiger partial charge in [-0.05, 0) is 25.3 Å². The Labute approximate surface area is 172 Å². The highest BCUT2D eigenvalue weighted by Crippen LogP contribution is 2.03. The molecular weight excluding hydrogens is 445 g/mol. The monoisotopic (exact) mass is 473 g/mol. The highest BCUT2D eigenvalue weighted by atomic mass is 127. The Morgan fingerprint density at radius 1 is 1.27 bits per heavy atom. The molecule has 144 valence electrons. The molecule has 1 aromatic carbocycles. The number of ether oxygens (including phenoxy) is 1. The van der Waals surface area contributed by atoms with Crippen molar-refractivity contribution >= 4 is 29.9 Å². The zero-order valence-corrected chi connectivity index (χ0v) is 17.9. The molecule has 0 spiro atoms. The molecule has 0 radical (unpaired) electrons. The molecular formula is C18H28IN5O2. The van der Waals surface area contributed by atoms with E-state index in [4.69, 9.17) is 9.26 Å². The van der Waals surface area contributed by atoms with Crippen LogP contribution in [0.15, 0.2) is 39.8 Å². The summed E-state index contributed by atoms with van der Waals surface area (Å²) in [7, 11) is 0. The number of nitrogens with one attached hydrogen (secondary N) is 2. The van der Waals surface area contributed by atoms with Crippen molar-refractivity contribution in [2.75, 3.05) is 19.7 Å². The number of hydrogen-bond donors (Lipinski definition) is 2. The first kappa shape index (κ1) is 22.4. The van der Waals surface area contributed by atoms with Crippen LogP contribution in [0.4, 0.5) is 0 Å². The van der Waals surface area contributed by atoms with Crippen LogP contribution in [0.2, 0.25) is 0 Å². The molecule has 0 amide bonds. The minimum Gasteiger partial charge on any atom is -0.376 e. The van der Waals surface area contributed by atoms with Crippen LogP contribution in [0.3, 0.4) is 0 Å². The third-order valence-electron chi connectivity index (χ3n) is 3.42. The van der Waals surface area contributed by atoms with Crippen LogP contribution in [0.25, 0.3) is 0 Å². The summed E-state index contributed by atoms with van der Waals surface area (Å²) in [5.74, 6) is 2.22. The van der Waals surface area contributed by atoms with Crippen molar-refractivity contribution < 1.29 is 9.26 Å². The van der Waals surface area contributed by atoms with Crippen LogP contribution in [-0.4, -0.2) is 35.8 Å². The molecule has 1 aromatic heterocycles. The molecule has 1 unspecified atom stereocenters. The highest BCUT2D eigenvalue weighted by molar-refractivity contribution is 14.0. The quantitative estimate of drug-likeness (QED) is 0.331. The first-order valence-electron chi connectivity index (χ1n) is 8.60. The summed E-state index contributed by atoms with van der Waals surface area (Å²) in [4.78, 5) is 8.60. The van der Waals surface area contributed by atoms with E-state index in [1.165, 1.54) is 5.56 Å². The Morgan fingerprint density at radius 3 is 2.69 bits per heavy atom. The first-order valence-corrected chi connectivity index (χ1v) is 8.60. The van der Waals surface area contributed by atoms with Crippen molar-refractivity contribution in [2.24, 2.45) is 10.9 Å². The lowest BCUT2D eigenvalue weighted by atomic mass is 10.2. The molecule has 0 aliphatic carbocycles. The number of nitrogens with zero attached hydrogens (tertiary/aromatic N) is 3. The van der Waals surface area contributed by atoms with Gasteiger partial charge in [0.1, 0.15) is 6.54 Å². The van der Waals surface area contributed by atoms with E-state index in [0.29, 0.717) is 37.4 Å². The first-order chi connectivity index (χ1) is 12.2. The summed E-state index contributed by atoms with van der Waals surface area (Å²) in [6.07, 6.45) is 0. The van der Waals surface area contributed by atoms with Gasteiger partial charge in [0.25, 0.3) is 0 Å². The van der Waals surface area contributed by atoms with Gasteiger partial charge in [-0.1, -0.05) is 42.4 Å². The summed E-state index contributed by atoms with van der Waals surface area (Å²) in [6, 6.07) is 10.2. The van der Waals surface area contributed by atoms with Crippen molar-refractivity contribution in [1.82, 2.24) is 20.8 Å². The van der Waals surface area contributed by atoms with Crippen molar-refractivity contribution in [3.05, 3.63) is 47.6 Å². The van der Waals surface area contributed by atoms with E-state index in [1.54, 1.807) is 6.92 Å². The number of hydrogen-bond acceptors (Lipinski definition) is 5. The molecule has 0 saturated carbocycles. The van der Waals surface area contributed by atoms with Gasteiger partial charge in [0, 0.05) is 13.1 Å². The standard InChI is InChI=1S/C18H27N5O2.HI/c1-4-19-18(21-11-17-22-15(3)23-25-17)20-10-14(2)12-24-13-16-8-6-5-7-9-16;/h5-9,14H,4,10-13H2,1-3H3,(H2,19,20,21);1H. The number of guanidine groups is 1. The lowest BCUT2D eigenvalue weighted by Crippen LogP contribution is -2.40. The maximum absolute atomic E-state index is 5.77. The summed E-state index contributed by atoms with van der Waals surface area (Å²) in [5.41, 5.74) is 1.19. The van der Waals surface area contributed by atoms with Crippen LogP contribution in [0.1, 0.15) is 31.1 Å². The lowest BCUT2D eigenvalue weighted by Gasteiger charge is -2.16. The molecule has 8 heteroatoms. The maximum Gasteiger partial charge on any atom is 0.248 e. The Balaban J connectivity index is 0.00000338. The predicted octanol–water partition coefficient (Wildman–Crippen LogP) is 2.90. The zero-order chi connectivity index (χ0) is 17.9. The van der Waals surface area contributed by atoms with Crippen LogP contribution in [0, 0.1) is 12.8 Å². The topological polar surface area (TPSA) is 84.6 Å². The molecule has 2 aromatic rings. The Hall–Kier alpha value is -1.68. The van der Waals surface area contributed by atoms with E-state index < -0.39 is 0 Å². The van der Waals surface area contributed by atoms with E-state index in [2.05, 4.69) is 44.8 Å². The van der Waals surface area contributed by atoms with Gasteiger partial charge < -0.3 is 19.9 Å². The minimum atomic E-state index is 0. The van der Waals surface area contributed by atoms with Gasteiger partial charge in [0.2, 0.25) is 5.89 Å². The maximum atomic E-state index is 5.77. The number of aromatic nitrogens is 2. The average Bonchev–Trinajstić information content (AvgIpc) is 3.04. The van der Waals surface area contributed by atoms with Gasteiger partial charge in [-0.2, -0.15) is 4.98 Å². The second-order valence-corrected chi connectivity index (χ2v) is 5.92. The SMILES string of the molecule is CCNC(=NCc1nc(C)no1)NCC(C)COCc1ccccc1.I. The zero-order valence-electron chi connectivity index (χ0n) is 15.6. The molecule has 0 aliphatic rings. The molecule has 2 rings (SSSR count). The largest absolute Gasteiger partial charge is 0.376 e. The molecule has 0 bridgehead atoms. The fraction of sp³-hybridized carbons (Fsp3) is 0.500.